The van der Waals surface area contributed by atoms with Crippen molar-refractivity contribution in [3.8, 4) is 5.75 Å². The number of ether oxygens (including phenoxy) is 2. The fourth-order valence-electron chi connectivity index (χ4n) is 2.24. The van der Waals surface area contributed by atoms with E-state index in [9.17, 15) is 9.59 Å². The van der Waals surface area contributed by atoms with Gasteiger partial charge in [0, 0.05) is 30.6 Å². The van der Waals surface area contributed by atoms with Crippen LogP contribution in [0.15, 0.2) is 24.4 Å². The number of nitrogens with one attached hydrogen (secondary N) is 2. The Hall–Kier alpha value is -2.50. The van der Waals surface area contributed by atoms with Gasteiger partial charge in [-0.1, -0.05) is 0 Å². The lowest BCUT2D eigenvalue weighted by Crippen LogP contribution is -2.30. The van der Waals surface area contributed by atoms with Gasteiger partial charge in [-0.05, 0) is 23.8 Å². The van der Waals surface area contributed by atoms with E-state index in [0.29, 0.717) is 5.75 Å². The van der Waals surface area contributed by atoms with Gasteiger partial charge in [-0.25, -0.2) is 0 Å². The molecule has 0 aliphatic carbocycles. The highest BCUT2D eigenvalue weighted by Crippen LogP contribution is 2.29. The molecule has 2 aromatic rings. The van der Waals surface area contributed by atoms with E-state index in [1.54, 1.807) is 13.3 Å². The first-order valence-electron chi connectivity index (χ1n) is 6.54. The molecule has 1 aromatic heterocycles. The van der Waals surface area contributed by atoms with Gasteiger partial charge in [0.1, 0.15) is 11.7 Å². The van der Waals surface area contributed by atoms with Gasteiger partial charge in [-0.3, -0.25) is 9.59 Å². The van der Waals surface area contributed by atoms with Gasteiger partial charge in [-0.2, -0.15) is 0 Å². The number of esters is 1. The lowest BCUT2D eigenvalue weighted by atomic mass is 9.98. The van der Waals surface area contributed by atoms with Gasteiger partial charge < -0.3 is 19.8 Å². The van der Waals surface area contributed by atoms with Crippen molar-refractivity contribution >= 4 is 22.8 Å². The molecule has 2 N–H and O–H groups in total. The summed E-state index contributed by atoms with van der Waals surface area (Å²) >= 11 is 0. The Labute approximate surface area is 122 Å². The second-order valence-corrected chi connectivity index (χ2v) is 4.67. The summed E-state index contributed by atoms with van der Waals surface area (Å²) in [6.45, 7) is 1.60. The number of hydrogen-bond donors (Lipinski definition) is 2. The van der Waals surface area contributed by atoms with Crippen molar-refractivity contribution in [3.05, 3.63) is 30.0 Å². The van der Waals surface area contributed by atoms with Crippen LogP contribution >= 0.6 is 0 Å². The van der Waals surface area contributed by atoms with Crippen LogP contribution in [0, 0.1) is 0 Å². The molecule has 0 fully saturated rings. The summed E-state index contributed by atoms with van der Waals surface area (Å²) < 4.78 is 10.1. The molecule has 1 unspecified atom stereocenters. The zero-order chi connectivity index (χ0) is 15.4. The molecule has 2 rings (SSSR count). The third-order valence-electron chi connectivity index (χ3n) is 3.34. The normalized spacial score (nSPS) is 12.0. The number of carbonyl (C=O) groups excluding carboxylic acids is 2. The van der Waals surface area contributed by atoms with E-state index in [4.69, 9.17) is 9.47 Å². The number of amides is 1. The fourth-order valence-corrected chi connectivity index (χ4v) is 2.24. The number of hydrogen-bond acceptors (Lipinski definition) is 4. The monoisotopic (exact) mass is 290 g/mol. The highest BCUT2D eigenvalue weighted by Gasteiger charge is 2.24. The number of aromatic amines is 1. The molecule has 0 saturated carbocycles. The Morgan fingerprint density at radius 3 is 2.71 bits per heavy atom. The smallest absolute Gasteiger partial charge is 0.315 e. The molecule has 0 bridgehead atoms. The van der Waals surface area contributed by atoms with Crippen molar-refractivity contribution in [1.29, 1.82) is 0 Å². The van der Waals surface area contributed by atoms with Crippen molar-refractivity contribution in [2.75, 3.05) is 20.8 Å². The maximum absolute atomic E-state index is 12.0. The van der Waals surface area contributed by atoms with E-state index in [-0.39, 0.29) is 12.5 Å². The van der Waals surface area contributed by atoms with Crippen LogP contribution in [-0.2, 0) is 14.3 Å². The number of H-pyrrole nitrogens is 1. The minimum atomic E-state index is -0.570. The molecule has 1 aromatic carbocycles. The van der Waals surface area contributed by atoms with Crippen LogP contribution in [0.5, 0.6) is 5.75 Å². The maximum Gasteiger partial charge on any atom is 0.315 e. The summed E-state index contributed by atoms with van der Waals surface area (Å²) in [6, 6.07) is 5.57. The Morgan fingerprint density at radius 1 is 1.33 bits per heavy atom. The zero-order valence-electron chi connectivity index (χ0n) is 12.2. The third-order valence-corrected chi connectivity index (χ3v) is 3.34. The van der Waals surface area contributed by atoms with Crippen molar-refractivity contribution in [2.24, 2.45) is 0 Å². The molecule has 6 heteroatoms. The van der Waals surface area contributed by atoms with Crippen LogP contribution in [0.1, 0.15) is 18.4 Å². The third kappa shape index (κ3) is 3.16. The largest absolute Gasteiger partial charge is 0.497 e. The van der Waals surface area contributed by atoms with E-state index in [2.05, 4.69) is 10.3 Å². The fraction of sp³-hybridized carbons (Fsp3) is 0.333. The van der Waals surface area contributed by atoms with Gasteiger partial charge in [0.15, 0.2) is 0 Å². The summed E-state index contributed by atoms with van der Waals surface area (Å²) in [5.41, 5.74) is 1.66. The Bertz CT molecular complexity index is 663. The Balaban J connectivity index is 2.43. The van der Waals surface area contributed by atoms with Gasteiger partial charge in [-0.15, -0.1) is 0 Å². The van der Waals surface area contributed by atoms with Crippen LogP contribution in [0.2, 0.25) is 0 Å². The first-order valence-corrected chi connectivity index (χ1v) is 6.54. The van der Waals surface area contributed by atoms with Crippen LogP contribution < -0.4 is 10.1 Å². The second kappa shape index (κ2) is 6.30. The van der Waals surface area contributed by atoms with Gasteiger partial charge in [0.2, 0.25) is 5.91 Å². The molecule has 21 heavy (non-hydrogen) atoms. The number of fused-ring (bicyclic) bond motifs is 1. The van der Waals surface area contributed by atoms with Crippen molar-refractivity contribution in [2.45, 2.75) is 12.8 Å². The lowest BCUT2D eigenvalue weighted by Gasteiger charge is -2.14. The molecular formula is C15H18N2O4. The second-order valence-electron chi connectivity index (χ2n) is 4.67. The minimum absolute atomic E-state index is 0.187. The average Bonchev–Trinajstić information content (AvgIpc) is 2.89. The van der Waals surface area contributed by atoms with Crippen LogP contribution in [0.3, 0.4) is 0 Å². The van der Waals surface area contributed by atoms with Crippen LogP contribution in [0.25, 0.3) is 10.9 Å². The number of aromatic nitrogens is 1. The van der Waals surface area contributed by atoms with Crippen molar-refractivity contribution in [3.63, 3.8) is 0 Å². The molecule has 0 saturated heterocycles. The first kappa shape index (κ1) is 14.9. The highest BCUT2D eigenvalue weighted by atomic mass is 16.5. The van der Waals surface area contributed by atoms with E-state index in [0.717, 1.165) is 16.5 Å². The van der Waals surface area contributed by atoms with E-state index in [1.165, 1.54) is 14.0 Å². The van der Waals surface area contributed by atoms with Gasteiger partial charge in [0.25, 0.3) is 0 Å². The quantitative estimate of drug-likeness (QED) is 0.819. The minimum Gasteiger partial charge on any atom is -0.497 e. The topological polar surface area (TPSA) is 80.4 Å². The van der Waals surface area contributed by atoms with Crippen LogP contribution in [0.4, 0.5) is 0 Å². The predicted octanol–water partition coefficient (Wildman–Crippen LogP) is 1.57. The molecule has 0 spiro atoms. The van der Waals surface area contributed by atoms with Gasteiger partial charge in [0.05, 0.1) is 14.2 Å². The number of methoxy groups -OCH3 is 2. The molecule has 112 valence electrons. The van der Waals surface area contributed by atoms with E-state index in [1.807, 2.05) is 18.2 Å². The van der Waals surface area contributed by atoms with Crippen molar-refractivity contribution < 1.29 is 19.1 Å². The molecule has 0 aliphatic rings. The average molecular weight is 290 g/mol. The summed E-state index contributed by atoms with van der Waals surface area (Å²) in [6.07, 6.45) is 1.76. The van der Waals surface area contributed by atoms with Crippen LogP contribution in [-0.4, -0.2) is 37.6 Å². The van der Waals surface area contributed by atoms with Crippen molar-refractivity contribution in [1.82, 2.24) is 10.3 Å². The summed E-state index contributed by atoms with van der Waals surface area (Å²) in [5, 5.41) is 3.53. The molecule has 0 aliphatic heterocycles. The number of benzene rings is 1. The van der Waals surface area contributed by atoms with E-state index >= 15 is 0 Å². The van der Waals surface area contributed by atoms with E-state index < -0.39 is 11.9 Å². The standard InChI is InChI=1S/C15H18N2O4/c1-9(18)16-8-13(15(19)21-3)12-7-17-14-5-4-10(20-2)6-11(12)14/h4-7,13,17H,8H2,1-3H3,(H,16,18). The number of rotatable bonds is 5. The SMILES string of the molecule is COC(=O)C(CNC(C)=O)c1c[nH]c2ccc(OC)cc12. The molecule has 1 heterocycles. The summed E-state index contributed by atoms with van der Waals surface area (Å²) in [4.78, 5) is 26.2. The summed E-state index contributed by atoms with van der Waals surface area (Å²) in [5.74, 6) is -0.458. The van der Waals surface area contributed by atoms with Gasteiger partial charge >= 0.3 is 5.97 Å². The molecule has 6 nitrogen and oxygen atoms in total. The molecule has 0 radical (unpaired) electrons. The Morgan fingerprint density at radius 2 is 2.10 bits per heavy atom. The highest BCUT2D eigenvalue weighted by molar-refractivity contribution is 5.91. The maximum atomic E-state index is 12.0. The summed E-state index contributed by atoms with van der Waals surface area (Å²) in [7, 11) is 2.92. The lowest BCUT2D eigenvalue weighted by molar-refractivity contribution is -0.142. The zero-order valence-corrected chi connectivity index (χ0v) is 12.2. The Kier molecular flexibility index (Phi) is 4.47. The molecule has 1 atom stereocenters. The molecule has 1 amide bonds. The predicted molar refractivity (Wildman–Crippen MR) is 78.3 cm³/mol. The number of carbonyl (C=O) groups is 2. The first-order chi connectivity index (χ1) is 10.1. The molecular weight excluding hydrogens is 272 g/mol.